The fourth-order valence-electron chi connectivity index (χ4n) is 2.92. The molecule has 6 heteroatoms. The zero-order valence-corrected chi connectivity index (χ0v) is 16.2. The van der Waals surface area contributed by atoms with Crippen LogP contribution in [-0.2, 0) is 24.4 Å². The van der Waals surface area contributed by atoms with Gasteiger partial charge < -0.3 is 19.0 Å². The molecule has 5 nitrogen and oxygen atoms in total. The Balaban J connectivity index is 1.58. The molecule has 0 saturated carbocycles. The molecule has 27 heavy (non-hydrogen) atoms. The molecule has 0 aliphatic rings. The maximum absolute atomic E-state index is 10.5. The van der Waals surface area contributed by atoms with Crippen LogP contribution >= 0.6 is 11.3 Å². The molecule has 1 N–H and O–H groups in total. The molecule has 0 amide bonds. The highest BCUT2D eigenvalue weighted by Crippen LogP contribution is 2.21. The van der Waals surface area contributed by atoms with Gasteiger partial charge in [-0.25, -0.2) is 0 Å². The second-order valence-corrected chi connectivity index (χ2v) is 7.34. The topological polar surface area (TPSA) is 55.1 Å². The van der Waals surface area contributed by atoms with Gasteiger partial charge in [-0.2, -0.15) is 0 Å². The number of aliphatic hydroxyl groups excluding tert-OH is 1. The first kappa shape index (κ1) is 19.6. The van der Waals surface area contributed by atoms with Crippen LogP contribution in [0.1, 0.15) is 16.2 Å². The molecule has 144 valence electrons. The number of thiophene rings is 1. The summed E-state index contributed by atoms with van der Waals surface area (Å²) in [6.45, 7) is 2.59. The van der Waals surface area contributed by atoms with Crippen molar-refractivity contribution in [2.45, 2.75) is 25.8 Å². The van der Waals surface area contributed by atoms with E-state index in [9.17, 15) is 5.11 Å². The molecule has 0 radical (unpaired) electrons. The molecule has 0 spiro atoms. The highest BCUT2D eigenvalue weighted by molar-refractivity contribution is 7.09. The molecule has 0 aliphatic carbocycles. The van der Waals surface area contributed by atoms with Gasteiger partial charge in [0, 0.05) is 30.1 Å². The maximum Gasteiger partial charge on any atom is 0.129 e. The summed E-state index contributed by atoms with van der Waals surface area (Å²) in [6.07, 6.45) is 1.03. The quantitative estimate of drug-likeness (QED) is 0.540. The van der Waals surface area contributed by atoms with Crippen LogP contribution in [0, 0.1) is 0 Å². The van der Waals surface area contributed by atoms with Crippen LogP contribution in [0.5, 0.6) is 5.75 Å². The molecule has 2 aromatic heterocycles. The van der Waals surface area contributed by atoms with E-state index in [4.69, 9.17) is 13.9 Å². The fraction of sp³-hybridized carbons (Fsp3) is 0.333. The number of furan rings is 1. The number of benzene rings is 1. The number of hydrogen-bond donors (Lipinski definition) is 1. The second-order valence-electron chi connectivity index (χ2n) is 6.31. The minimum atomic E-state index is -0.588. The van der Waals surface area contributed by atoms with Crippen molar-refractivity contribution in [2.75, 3.05) is 20.3 Å². The minimum Gasteiger partial charge on any atom is -0.496 e. The first-order chi connectivity index (χ1) is 13.2. The zero-order valence-electron chi connectivity index (χ0n) is 15.4. The summed E-state index contributed by atoms with van der Waals surface area (Å²) in [5.41, 5.74) is 1.10. The van der Waals surface area contributed by atoms with Crippen molar-refractivity contribution >= 4 is 11.3 Å². The summed E-state index contributed by atoms with van der Waals surface area (Å²) in [5.74, 6) is 1.61. The summed E-state index contributed by atoms with van der Waals surface area (Å²) in [4.78, 5) is 3.47. The third kappa shape index (κ3) is 6.22. The van der Waals surface area contributed by atoms with E-state index >= 15 is 0 Å². The van der Waals surface area contributed by atoms with Crippen LogP contribution in [0.3, 0.4) is 0 Å². The molecule has 1 aromatic carbocycles. The lowest BCUT2D eigenvalue weighted by atomic mass is 10.1. The van der Waals surface area contributed by atoms with Crippen LogP contribution in [0.4, 0.5) is 0 Å². The number of methoxy groups -OCH3 is 1. The average Bonchev–Trinajstić information content (AvgIpc) is 3.36. The normalized spacial score (nSPS) is 12.4. The third-order valence-electron chi connectivity index (χ3n) is 4.15. The Hall–Kier alpha value is -2.12. The predicted octanol–water partition coefficient (Wildman–Crippen LogP) is 3.93. The average molecular weight is 388 g/mol. The molecule has 1 atom stereocenters. The molecule has 0 bridgehead atoms. The second kappa shape index (κ2) is 10.3. The van der Waals surface area contributed by atoms with E-state index in [1.54, 1.807) is 24.7 Å². The Morgan fingerprint density at radius 1 is 1.11 bits per heavy atom. The minimum absolute atomic E-state index is 0.258. The van der Waals surface area contributed by atoms with Crippen molar-refractivity contribution in [3.05, 3.63) is 76.4 Å². The Kier molecular flexibility index (Phi) is 7.47. The summed E-state index contributed by atoms with van der Waals surface area (Å²) >= 11 is 1.72. The first-order valence-corrected chi connectivity index (χ1v) is 9.77. The van der Waals surface area contributed by atoms with E-state index in [-0.39, 0.29) is 6.61 Å². The lowest BCUT2D eigenvalue weighted by Gasteiger charge is -2.25. The van der Waals surface area contributed by atoms with Gasteiger partial charge in [0.05, 0.1) is 26.1 Å². The molecular weight excluding hydrogens is 362 g/mol. The Labute approximate surface area is 163 Å². The Morgan fingerprint density at radius 3 is 2.74 bits per heavy atom. The van der Waals surface area contributed by atoms with Crippen molar-refractivity contribution < 1.29 is 19.0 Å². The SMILES string of the molecule is COc1ccccc1CN(Cc1cccs1)CC(O)COCc1ccco1. The number of nitrogens with zero attached hydrogens (tertiary/aromatic N) is 1. The van der Waals surface area contributed by atoms with Gasteiger partial charge in [0.25, 0.3) is 0 Å². The Morgan fingerprint density at radius 2 is 2.00 bits per heavy atom. The van der Waals surface area contributed by atoms with E-state index in [0.717, 1.165) is 23.6 Å². The van der Waals surface area contributed by atoms with Crippen molar-refractivity contribution in [1.29, 1.82) is 0 Å². The van der Waals surface area contributed by atoms with Crippen LogP contribution < -0.4 is 4.74 Å². The smallest absolute Gasteiger partial charge is 0.129 e. The monoisotopic (exact) mass is 387 g/mol. The summed E-state index contributed by atoms with van der Waals surface area (Å²) < 4.78 is 16.3. The van der Waals surface area contributed by atoms with E-state index < -0.39 is 6.10 Å². The Bertz CT molecular complexity index is 773. The van der Waals surface area contributed by atoms with E-state index in [0.29, 0.717) is 19.7 Å². The van der Waals surface area contributed by atoms with Gasteiger partial charge in [-0.3, -0.25) is 4.90 Å². The summed E-state index contributed by atoms with van der Waals surface area (Å²) in [6, 6.07) is 15.8. The predicted molar refractivity (Wildman–Crippen MR) is 106 cm³/mol. The summed E-state index contributed by atoms with van der Waals surface area (Å²) in [5, 5.41) is 12.5. The molecule has 0 fully saturated rings. The van der Waals surface area contributed by atoms with Gasteiger partial charge in [0.1, 0.15) is 18.1 Å². The number of hydrogen-bond acceptors (Lipinski definition) is 6. The lowest BCUT2D eigenvalue weighted by molar-refractivity contribution is 0.00259. The summed E-state index contributed by atoms with van der Waals surface area (Å²) in [7, 11) is 1.68. The standard InChI is InChI=1S/C21H25NO4S/c1-24-21-9-3-2-6-17(21)12-22(14-20-8-5-11-27-20)13-18(23)15-25-16-19-7-4-10-26-19/h2-11,18,23H,12-16H2,1H3. The van der Waals surface area contributed by atoms with Crippen molar-refractivity contribution in [2.24, 2.45) is 0 Å². The van der Waals surface area contributed by atoms with Crippen LogP contribution in [0.2, 0.25) is 0 Å². The fourth-order valence-corrected chi connectivity index (χ4v) is 3.67. The van der Waals surface area contributed by atoms with Crippen LogP contribution in [0.25, 0.3) is 0 Å². The number of para-hydroxylation sites is 1. The molecule has 1 unspecified atom stereocenters. The van der Waals surface area contributed by atoms with Crippen molar-refractivity contribution in [1.82, 2.24) is 4.90 Å². The molecule has 3 aromatic rings. The van der Waals surface area contributed by atoms with Crippen LogP contribution in [-0.4, -0.2) is 36.4 Å². The molecule has 3 rings (SSSR count). The molecular formula is C21H25NO4S. The zero-order chi connectivity index (χ0) is 18.9. The van der Waals surface area contributed by atoms with Gasteiger partial charge in [-0.15, -0.1) is 11.3 Å². The van der Waals surface area contributed by atoms with Crippen molar-refractivity contribution in [3.63, 3.8) is 0 Å². The van der Waals surface area contributed by atoms with Gasteiger partial charge in [-0.05, 0) is 29.6 Å². The van der Waals surface area contributed by atoms with E-state index in [1.807, 2.05) is 36.4 Å². The lowest BCUT2D eigenvalue weighted by Crippen LogP contribution is -2.34. The molecule has 0 saturated heterocycles. The van der Waals surface area contributed by atoms with Gasteiger partial charge in [-0.1, -0.05) is 24.3 Å². The maximum atomic E-state index is 10.5. The molecule has 2 heterocycles. The molecule has 0 aliphatic heterocycles. The third-order valence-corrected chi connectivity index (χ3v) is 5.01. The largest absolute Gasteiger partial charge is 0.496 e. The van der Waals surface area contributed by atoms with Gasteiger partial charge >= 0.3 is 0 Å². The number of ether oxygens (including phenoxy) is 2. The van der Waals surface area contributed by atoms with E-state index in [1.165, 1.54) is 4.88 Å². The number of aliphatic hydroxyl groups is 1. The first-order valence-electron chi connectivity index (χ1n) is 8.89. The highest BCUT2D eigenvalue weighted by atomic mass is 32.1. The number of rotatable bonds is 11. The van der Waals surface area contributed by atoms with Gasteiger partial charge in [0.2, 0.25) is 0 Å². The van der Waals surface area contributed by atoms with Crippen molar-refractivity contribution in [3.8, 4) is 5.75 Å². The van der Waals surface area contributed by atoms with E-state index in [2.05, 4.69) is 22.4 Å². The van der Waals surface area contributed by atoms with Gasteiger partial charge in [0.15, 0.2) is 0 Å². The van der Waals surface area contributed by atoms with Crippen LogP contribution in [0.15, 0.2) is 64.6 Å². The highest BCUT2D eigenvalue weighted by Gasteiger charge is 2.16.